The van der Waals surface area contributed by atoms with Gasteiger partial charge in [0, 0.05) is 26.1 Å². The Balaban J connectivity index is 1.36. The highest BCUT2D eigenvalue weighted by molar-refractivity contribution is 6.43. The van der Waals surface area contributed by atoms with Crippen molar-refractivity contribution in [1.29, 1.82) is 0 Å². The molecule has 0 bridgehead atoms. The number of carbonyl (C=O) groups excluding carboxylic acids is 3. The number of likely N-dealkylation sites (tertiary alicyclic amines) is 2. The van der Waals surface area contributed by atoms with Crippen molar-refractivity contribution in [3.8, 4) is 0 Å². The Morgan fingerprint density at radius 3 is 2.47 bits per heavy atom. The first-order valence-electron chi connectivity index (χ1n) is 10.4. The van der Waals surface area contributed by atoms with Gasteiger partial charge in [-0.1, -0.05) is 18.6 Å². The molecule has 1 aromatic heterocycles. The van der Waals surface area contributed by atoms with E-state index >= 15 is 0 Å². The molecular weight excluding hydrogens is 387 g/mol. The van der Waals surface area contributed by atoms with Crippen molar-refractivity contribution in [2.24, 2.45) is 5.92 Å². The standard InChI is InChI=1S/C23H25FN2O4/c24-17-6-4-16(5-7-17)14-18-8-9-20(30-18)21(27)19-15-26(23(29)22(19)28)13-12-25-10-2-1-3-11-25/h4-9,19H,1-3,10-15H2. The van der Waals surface area contributed by atoms with Crippen LogP contribution in [0.5, 0.6) is 0 Å². The molecule has 0 aliphatic carbocycles. The number of piperidine rings is 1. The molecule has 30 heavy (non-hydrogen) atoms. The van der Waals surface area contributed by atoms with Crippen LogP contribution in [0.15, 0.2) is 40.8 Å². The molecule has 1 atom stereocenters. The molecule has 0 saturated carbocycles. The van der Waals surface area contributed by atoms with Gasteiger partial charge in [-0.3, -0.25) is 14.4 Å². The number of ketones is 2. The maximum Gasteiger partial charge on any atom is 0.290 e. The van der Waals surface area contributed by atoms with Crippen LogP contribution in [-0.2, 0) is 16.0 Å². The fourth-order valence-corrected chi connectivity index (χ4v) is 4.11. The summed E-state index contributed by atoms with van der Waals surface area (Å²) in [5.41, 5.74) is 0.848. The molecule has 0 radical (unpaired) electrons. The second-order valence-corrected chi connectivity index (χ2v) is 8.00. The number of hydrogen-bond donors (Lipinski definition) is 0. The van der Waals surface area contributed by atoms with Crippen LogP contribution in [0.25, 0.3) is 0 Å². The maximum atomic E-state index is 13.0. The quantitative estimate of drug-likeness (QED) is 0.397. The van der Waals surface area contributed by atoms with Crippen LogP contribution in [0.2, 0.25) is 0 Å². The van der Waals surface area contributed by atoms with Gasteiger partial charge in [0.25, 0.3) is 5.91 Å². The van der Waals surface area contributed by atoms with Gasteiger partial charge in [0.05, 0.1) is 0 Å². The maximum absolute atomic E-state index is 13.0. The molecule has 6 nitrogen and oxygen atoms in total. The summed E-state index contributed by atoms with van der Waals surface area (Å²) >= 11 is 0. The van der Waals surface area contributed by atoms with Crippen molar-refractivity contribution < 1.29 is 23.2 Å². The highest BCUT2D eigenvalue weighted by atomic mass is 19.1. The summed E-state index contributed by atoms with van der Waals surface area (Å²) in [5.74, 6) is -2.40. The Morgan fingerprint density at radius 1 is 1.00 bits per heavy atom. The lowest BCUT2D eigenvalue weighted by molar-refractivity contribution is -0.140. The lowest BCUT2D eigenvalue weighted by Gasteiger charge is -2.28. The smallest absolute Gasteiger partial charge is 0.290 e. The molecule has 2 aromatic rings. The number of rotatable bonds is 7. The van der Waals surface area contributed by atoms with E-state index in [-0.39, 0.29) is 18.1 Å². The first-order valence-corrected chi connectivity index (χ1v) is 10.4. The average Bonchev–Trinajstić information content (AvgIpc) is 3.34. The van der Waals surface area contributed by atoms with Gasteiger partial charge in [0.1, 0.15) is 17.5 Å². The molecule has 7 heteroatoms. The van der Waals surface area contributed by atoms with E-state index in [0.717, 1.165) is 38.0 Å². The topological polar surface area (TPSA) is 70.8 Å². The van der Waals surface area contributed by atoms with E-state index in [1.807, 2.05) is 0 Å². The van der Waals surface area contributed by atoms with E-state index < -0.39 is 23.4 Å². The van der Waals surface area contributed by atoms with Gasteiger partial charge < -0.3 is 14.2 Å². The van der Waals surface area contributed by atoms with Crippen molar-refractivity contribution in [3.63, 3.8) is 0 Å². The first kappa shape index (κ1) is 20.5. The zero-order valence-electron chi connectivity index (χ0n) is 16.8. The molecule has 2 fully saturated rings. The third kappa shape index (κ3) is 4.51. The zero-order valence-corrected chi connectivity index (χ0v) is 16.8. The Hall–Kier alpha value is -2.80. The first-order chi connectivity index (χ1) is 14.5. The molecule has 1 unspecified atom stereocenters. The third-order valence-electron chi connectivity index (χ3n) is 5.86. The molecule has 3 heterocycles. The molecular formula is C23H25FN2O4. The predicted molar refractivity (Wildman–Crippen MR) is 108 cm³/mol. The van der Waals surface area contributed by atoms with Crippen LogP contribution in [0.4, 0.5) is 4.39 Å². The second kappa shape index (κ2) is 8.92. The van der Waals surface area contributed by atoms with E-state index in [4.69, 9.17) is 4.42 Å². The highest BCUT2D eigenvalue weighted by Gasteiger charge is 2.44. The molecule has 2 aliphatic heterocycles. The number of benzene rings is 1. The number of Topliss-reactive ketones (excluding diaryl/α,β-unsaturated/α-hetero) is 2. The Labute approximate surface area is 174 Å². The summed E-state index contributed by atoms with van der Waals surface area (Å²) in [6, 6.07) is 9.25. The fraction of sp³-hybridized carbons (Fsp3) is 0.435. The average molecular weight is 412 g/mol. The van der Waals surface area contributed by atoms with Crippen LogP contribution < -0.4 is 0 Å². The van der Waals surface area contributed by atoms with Gasteiger partial charge >= 0.3 is 0 Å². The zero-order chi connectivity index (χ0) is 21.1. The Morgan fingerprint density at radius 2 is 1.73 bits per heavy atom. The predicted octanol–water partition coefficient (Wildman–Crippen LogP) is 2.71. The number of furan rings is 1. The summed E-state index contributed by atoms with van der Waals surface area (Å²) in [6.07, 6.45) is 3.97. The van der Waals surface area contributed by atoms with Crippen LogP contribution in [0.1, 0.15) is 41.1 Å². The normalized spacial score (nSPS) is 20.2. The van der Waals surface area contributed by atoms with Gasteiger partial charge in [-0.05, 0) is 55.8 Å². The van der Waals surface area contributed by atoms with E-state index in [0.29, 0.717) is 18.7 Å². The van der Waals surface area contributed by atoms with Gasteiger partial charge in [-0.15, -0.1) is 0 Å². The van der Waals surface area contributed by atoms with Crippen molar-refractivity contribution >= 4 is 17.5 Å². The van der Waals surface area contributed by atoms with Gasteiger partial charge in [-0.2, -0.15) is 0 Å². The number of nitrogens with zero attached hydrogens (tertiary/aromatic N) is 2. The molecule has 0 spiro atoms. The van der Waals surface area contributed by atoms with Crippen molar-refractivity contribution in [1.82, 2.24) is 9.80 Å². The van der Waals surface area contributed by atoms with Gasteiger partial charge in [-0.25, -0.2) is 4.39 Å². The minimum atomic E-state index is -1.01. The Bertz CT molecular complexity index is 931. The molecule has 2 saturated heterocycles. The van der Waals surface area contributed by atoms with E-state index in [1.54, 1.807) is 18.2 Å². The molecule has 1 aromatic carbocycles. The number of hydrogen-bond acceptors (Lipinski definition) is 5. The summed E-state index contributed by atoms with van der Waals surface area (Å²) in [4.78, 5) is 41.3. The lowest BCUT2D eigenvalue weighted by atomic mass is 10.0. The monoisotopic (exact) mass is 412 g/mol. The van der Waals surface area contributed by atoms with E-state index in [9.17, 15) is 18.8 Å². The summed E-state index contributed by atoms with van der Waals surface area (Å²) < 4.78 is 18.7. The van der Waals surface area contributed by atoms with Crippen LogP contribution in [0, 0.1) is 11.7 Å². The lowest BCUT2D eigenvalue weighted by Crippen LogP contribution is -2.39. The van der Waals surface area contributed by atoms with Crippen LogP contribution in [0.3, 0.4) is 0 Å². The van der Waals surface area contributed by atoms with Crippen molar-refractivity contribution in [2.45, 2.75) is 25.7 Å². The minimum Gasteiger partial charge on any atom is -0.458 e. The summed E-state index contributed by atoms with van der Waals surface area (Å²) in [7, 11) is 0. The SMILES string of the molecule is O=C1C(=O)N(CCN2CCCCC2)CC1C(=O)c1ccc(Cc2ccc(F)cc2)o1. The third-order valence-corrected chi connectivity index (χ3v) is 5.86. The number of halogens is 1. The van der Waals surface area contributed by atoms with Gasteiger partial charge in [0.15, 0.2) is 5.76 Å². The Kier molecular flexibility index (Phi) is 6.08. The molecule has 0 N–H and O–H groups in total. The summed E-state index contributed by atoms with van der Waals surface area (Å²) in [6.45, 7) is 3.33. The number of carbonyl (C=O) groups is 3. The van der Waals surface area contributed by atoms with Gasteiger partial charge in [0.2, 0.25) is 11.6 Å². The van der Waals surface area contributed by atoms with Crippen molar-refractivity contribution in [2.75, 3.05) is 32.7 Å². The number of amides is 1. The second-order valence-electron chi connectivity index (χ2n) is 8.00. The van der Waals surface area contributed by atoms with E-state index in [2.05, 4.69) is 4.90 Å². The molecule has 1 amide bonds. The molecule has 4 rings (SSSR count). The fourth-order valence-electron chi connectivity index (χ4n) is 4.11. The minimum absolute atomic E-state index is 0.0798. The van der Waals surface area contributed by atoms with Crippen LogP contribution >= 0.6 is 0 Å². The molecule has 2 aliphatic rings. The summed E-state index contributed by atoms with van der Waals surface area (Å²) in [5, 5.41) is 0. The largest absolute Gasteiger partial charge is 0.458 e. The molecule has 158 valence electrons. The van der Waals surface area contributed by atoms with Crippen LogP contribution in [-0.4, -0.2) is 60.0 Å². The van der Waals surface area contributed by atoms with Crippen molar-refractivity contribution in [3.05, 3.63) is 59.3 Å². The van der Waals surface area contributed by atoms with E-state index in [1.165, 1.54) is 29.5 Å². The highest BCUT2D eigenvalue weighted by Crippen LogP contribution is 2.22.